The predicted octanol–water partition coefficient (Wildman–Crippen LogP) is 3.06. The zero-order valence-electron chi connectivity index (χ0n) is 14.3. The van der Waals surface area contributed by atoms with Gasteiger partial charge in [0.25, 0.3) is 0 Å². The molecule has 0 spiro atoms. The molecule has 1 amide bonds. The van der Waals surface area contributed by atoms with E-state index >= 15 is 0 Å². The quantitative estimate of drug-likeness (QED) is 0.827. The van der Waals surface area contributed by atoms with Gasteiger partial charge in [-0.3, -0.25) is 4.79 Å². The third kappa shape index (κ3) is 5.95. The Hall–Kier alpha value is -2.25. The monoisotopic (exact) mass is 364 g/mol. The summed E-state index contributed by atoms with van der Waals surface area (Å²) in [6.45, 7) is 3.79. The Morgan fingerprint density at radius 1 is 1.12 bits per heavy atom. The molecule has 0 saturated carbocycles. The number of amides is 1. The van der Waals surface area contributed by atoms with Crippen molar-refractivity contribution in [3.05, 3.63) is 65.0 Å². The van der Waals surface area contributed by atoms with Gasteiger partial charge in [0.1, 0.15) is 5.82 Å². The number of aryl methyl sites for hydroxylation is 2. The number of benzene rings is 2. The Kier molecular flexibility index (Phi) is 5.92. The Bertz CT molecular complexity index is 864. The highest BCUT2D eigenvalue weighted by Crippen LogP contribution is 2.21. The topological polar surface area (TPSA) is 75.3 Å². The van der Waals surface area contributed by atoms with Crippen LogP contribution in [-0.4, -0.2) is 20.6 Å². The number of carbonyl (C=O) groups excluding carboxylic acids is 1. The minimum Gasteiger partial charge on any atom is -0.326 e. The number of rotatable bonds is 6. The second kappa shape index (κ2) is 7.76. The highest BCUT2D eigenvalue weighted by molar-refractivity contribution is 7.88. The summed E-state index contributed by atoms with van der Waals surface area (Å²) in [6, 6.07) is 10.3. The Morgan fingerprint density at radius 2 is 1.76 bits per heavy atom. The molecule has 0 fully saturated rings. The van der Waals surface area contributed by atoms with Gasteiger partial charge in [-0.1, -0.05) is 24.3 Å². The average Bonchev–Trinajstić information content (AvgIpc) is 2.49. The summed E-state index contributed by atoms with van der Waals surface area (Å²) >= 11 is 0. The van der Waals surface area contributed by atoms with Gasteiger partial charge >= 0.3 is 0 Å². The van der Waals surface area contributed by atoms with Crippen LogP contribution < -0.4 is 10.0 Å². The molecular formula is C18H21FN2O3S. The zero-order chi connectivity index (χ0) is 18.6. The van der Waals surface area contributed by atoms with E-state index in [-0.39, 0.29) is 12.3 Å². The number of hydrogen-bond acceptors (Lipinski definition) is 3. The molecule has 25 heavy (non-hydrogen) atoms. The minimum absolute atomic E-state index is 0.105. The van der Waals surface area contributed by atoms with E-state index in [1.807, 2.05) is 32.0 Å². The molecule has 7 heteroatoms. The lowest BCUT2D eigenvalue weighted by Gasteiger charge is -2.18. The van der Waals surface area contributed by atoms with E-state index in [1.54, 1.807) is 0 Å². The molecular weight excluding hydrogens is 343 g/mol. The van der Waals surface area contributed by atoms with Gasteiger partial charge in [-0.05, 0) is 48.7 Å². The van der Waals surface area contributed by atoms with Gasteiger partial charge in [-0.25, -0.2) is 17.5 Å². The second-order valence-corrected chi connectivity index (χ2v) is 7.84. The van der Waals surface area contributed by atoms with Gasteiger partial charge in [-0.2, -0.15) is 0 Å². The highest BCUT2D eigenvalue weighted by atomic mass is 32.2. The van der Waals surface area contributed by atoms with Crippen LogP contribution in [0.15, 0.2) is 42.5 Å². The van der Waals surface area contributed by atoms with Gasteiger partial charge in [0.2, 0.25) is 15.9 Å². The fourth-order valence-electron chi connectivity index (χ4n) is 2.44. The molecule has 0 saturated heterocycles. The average molecular weight is 364 g/mol. The number of nitrogens with one attached hydrogen (secondary N) is 2. The van der Waals surface area contributed by atoms with Crippen molar-refractivity contribution in [3.8, 4) is 0 Å². The van der Waals surface area contributed by atoms with Gasteiger partial charge in [-0.15, -0.1) is 0 Å². The van der Waals surface area contributed by atoms with Gasteiger partial charge in [0.15, 0.2) is 0 Å². The second-order valence-electron chi connectivity index (χ2n) is 6.06. The molecule has 0 bridgehead atoms. The van der Waals surface area contributed by atoms with E-state index < -0.39 is 21.9 Å². The fourth-order valence-corrected chi connectivity index (χ4v) is 3.17. The van der Waals surface area contributed by atoms with E-state index in [9.17, 15) is 17.6 Å². The third-order valence-corrected chi connectivity index (χ3v) is 4.40. The van der Waals surface area contributed by atoms with Crippen LogP contribution in [0.3, 0.4) is 0 Å². The lowest BCUT2D eigenvalue weighted by Crippen LogP contribution is -2.30. The smallest absolute Gasteiger partial charge is 0.226 e. The van der Waals surface area contributed by atoms with Crippen molar-refractivity contribution in [2.75, 3.05) is 11.6 Å². The lowest BCUT2D eigenvalue weighted by atomic mass is 10.0. The molecule has 5 nitrogen and oxygen atoms in total. The standard InChI is InChI=1S/C18H21FN2O3S/c1-12-4-5-13(2)16(10-12)20-18(22)11-17(21-25(3,23)24)14-6-8-15(19)9-7-14/h4-10,17,21H,11H2,1-3H3,(H,20,22). The van der Waals surface area contributed by atoms with Crippen LogP contribution in [0.25, 0.3) is 0 Å². The molecule has 1 atom stereocenters. The van der Waals surface area contributed by atoms with Crippen LogP contribution in [0, 0.1) is 19.7 Å². The maximum absolute atomic E-state index is 13.1. The van der Waals surface area contributed by atoms with E-state index in [2.05, 4.69) is 10.0 Å². The molecule has 2 N–H and O–H groups in total. The molecule has 0 heterocycles. The molecule has 1 unspecified atom stereocenters. The van der Waals surface area contributed by atoms with Crippen molar-refractivity contribution < 1.29 is 17.6 Å². The maximum atomic E-state index is 13.1. The molecule has 0 radical (unpaired) electrons. The predicted molar refractivity (Wildman–Crippen MR) is 96.3 cm³/mol. The first-order valence-electron chi connectivity index (χ1n) is 7.74. The van der Waals surface area contributed by atoms with Crippen LogP contribution in [0.1, 0.15) is 29.2 Å². The first-order valence-corrected chi connectivity index (χ1v) is 9.63. The fraction of sp³-hybridized carbons (Fsp3) is 0.278. The first kappa shape index (κ1) is 19.1. The number of carbonyl (C=O) groups is 1. The summed E-state index contributed by atoms with van der Waals surface area (Å²) in [5, 5.41) is 2.80. The molecule has 0 aliphatic rings. The van der Waals surface area contributed by atoms with E-state index in [0.717, 1.165) is 17.4 Å². The lowest BCUT2D eigenvalue weighted by molar-refractivity contribution is -0.116. The summed E-state index contributed by atoms with van der Waals surface area (Å²) in [7, 11) is -3.54. The molecule has 2 rings (SSSR count). The van der Waals surface area contributed by atoms with Crippen molar-refractivity contribution >= 4 is 21.6 Å². The number of anilines is 1. The van der Waals surface area contributed by atoms with Crippen LogP contribution in [-0.2, 0) is 14.8 Å². The molecule has 0 aliphatic heterocycles. The maximum Gasteiger partial charge on any atom is 0.226 e. The molecule has 2 aromatic carbocycles. The molecule has 0 aromatic heterocycles. The van der Waals surface area contributed by atoms with Gasteiger partial charge < -0.3 is 5.32 Å². The number of sulfonamides is 1. The van der Waals surface area contributed by atoms with Crippen molar-refractivity contribution in [2.24, 2.45) is 0 Å². The minimum atomic E-state index is -3.54. The summed E-state index contributed by atoms with van der Waals surface area (Å²) in [4.78, 5) is 12.4. The van der Waals surface area contributed by atoms with Crippen LogP contribution in [0.4, 0.5) is 10.1 Å². The molecule has 0 aliphatic carbocycles. The summed E-state index contributed by atoms with van der Waals surface area (Å²) < 4.78 is 38.7. The molecule has 134 valence electrons. The number of hydrogen-bond donors (Lipinski definition) is 2. The zero-order valence-corrected chi connectivity index (χ0v) is 15.2. The summed E-state index contributed by atoms with van der Waals surface area (Å²) in [5.74, 6) is -0.763. The summed E-state index contributed by atoms with van der Waals surface area (Å²) in [6.07, 6.45) is 0.915. The Labute approximate surface area is 147 Å². The van der Waals surface area contributed by atoms with E-state index in [4.69, 9.17) is 0 Å². The molecule has 2 aromatic rings. The Balaban J connectivity index is 2.19. The normalized spacial score (nSPS) is 12.6. The Morgan fingerprint density at radius 3 is 2.36 bits per heavy atom. The van der Waals surface area contributed by atoms with Crippen LogP contribution >= 0.6 is 0 Å². The highest BCUT2D eigenvalue weighted by Gasteiger charge is 2.20. The van der Waals surface area contributed by atoms with Crippen LogP contribution in [0.5, 0.6) is 0 Å². The van der Waals surface area contributed by atoms with Crippen molar-refractivity contribution in [1.82, 2.24) is 4.72 Å². The number of halogens is 1. The van der Waals surface area contributed by atoms with E-state index in [1.165, 1.54) is 24.3 Å². The first-order chi connectivity index (χ1) is 11.6. The van der Waals surface area contributed by atoms with E-state index in [0.29, 0.717) is 11.3 Å². The van der Waals surface area contributed by atoms with Crippen molar-refractivity contribution in [2.45, 2.75) is 26.3 Å². The van der Waals surface area contributed by atoms with Crippen molar-refractivity contribution in [3.63, 3.8) is 0 Å². The summed E-state index contributed by atoms with van der Waals surface area (Å²) in [5.41, 5.74) is 3.11. The van der Waals surface area contributed by atoms with Crippen LogP contribution in [0.2, 0.25) is 0 Å². The van der Waals surface area contributed by atoms with Gasteiger partial charge in [0, 0.05) is 12.1 Å². The van der Waals surface area contributed by atoms with Crippen molar-refractivity contribution in [1.29, 1.82) is 0 Å². The largest absolute Gasteiger partial charge is 0.326 e. The SMILES string of the molecule is Cc1ccc(C)c(NC(=O)CC(NS(C)(=O)=O)c2ccc(F)cc2)c1. The van der Waals surface area contributed by atoms with Gasteiger partial charge in [0.05, 0.1) is 12.3 Å². The third-order valence-electron chi connectivity index (χ3n) is 3.69.